The SMILES string of the molecule is C=CC(=O)OCCC[O-].O=P(O)(O)O.[Na+]. The Morgan fingerprint density at radius 3 is 2.13 bits per heavy atom. The summed E-state index contributed by atoms with van der Waals surface area (Å²) in [5.74, 6) is -0.469. The van der Waals surface area contributed by atoms with Crippen LogP contribution in [0.1, 0.15) is 6.42 Å². The van der Waals surface area contributed by atoms with E-state index in [4.69, 9.17) is 19.2 Å². The third-order valence-corrected chi connectivity index (χ3v) is 0.700. The van der Waals surface area contributed by atoms with Crippen LogP contribution in [0.2, 0.25) is 0 Å². The van der Waals surface area contributed by atoms with Crippen LogP contribution in [0.5, 0.6) is 0 Å². The maximum Gasteiger partial charge on any atom is 1.00 e. The molecule has 0 saturated heterocycles. The minimum absolute atomic E-state index is 0. The second-order valence-electron chi connectivity index (χ2n) is 1.94. The van der Waals surface area contributed by atoms with Crippen molar-refractivity contribution in [3.8, 4) is 0 Å². The molecule has 0 fully saturated rings. The normalized spacial score (nSPS) is 9.07. The molecule has 0 unspecified atom stereocenters. The van der Waals surface area contributed by atoms with Crippen molar-refractivity contribution in [2.24, 2.45) is 0 Å². The average molecular weight is 250 g/mol. The number of hydrogen-bond acceptors (Lipinski definition) is 4. The predicted octanol–water partition coefficient (Wildman–Crippen LogP) is -4.46. The Balaban J connectivity index is -0.000000208. The van der Waals surface area contributed by atoms with Crippen molar-refractivity contribution in [1.82, 2.24) is 0 Å². The van der Waals surface area contributed by atoms with E-state index in [0.717, 1.165) is 6.08 Å². The first-order valence-corrected chi connectivity index (χ1v) is 5.03. The summed E-state index contributed by atoms with van der Waals surface area (Å²) in [6, 6.07) is 0. The van der Waals surface area contributed by atoms with Gasteiger partial charge < -0.3 is 24.5 Å². The summed E-state index contributed by atoms with van der Waals surface area (Å²) in [6.45, 7) is 3.19. The molecular formula is C6H12NaO7P. The zero-order valence-electron chi connectivity index (χ0n) is 8.33. The Morgan fingerprint density at radius 2 is 1.87 bits per heavy atom. The van der Waals surface area contributed by atoms with E-state index in [1.54, 1.807) is 0 Å². The molecule has 0 aromatic rings. The molecule has 0 aliphatic heterocycles. The van der Waals surface area contributed by atoms with Crippen molar-refractivity contribution < 1.29 is 63.4 Å². The van der Waals surface area contributed by atoms with Crippen molar-refractivity contribution >= 4 is 13.8 Å². The van der Waals surface area contributed by atoms with E-state index < -0.39 is 13.8 Å². The molecule has 84 valence electrons. The van der Waals surface area contributed by atoms with Crippen molar-refractivity contribution in [1.29, 1.82) is 0 Å². The molecular weight excluding hydrogens is 238 g/mol. The van der Waals surface area contributed by atoms with Crippen LogP contribution in [0, 0.1) is 0 Å². The van der Waals surface area contributed by atoms with Crippen LogP contribution in [0.15, 0.2) is 12.7 Å². The molecule has 0 aliphatic carbocycles. The Labute approximate surface area is 109 Å². The summed E-state index contributed by atoms with van der Waals surface area (Å²) in [5.41, 5.74) is 0. The van der Waals surface area contributed by atoms with Gasteiger partial charge in [0.1, 0.15) is 0 Å². The summed E-state index contributed by atoms with van der Waals surface area (Å²) in [5, 5.41) is 9.78. The van der Waals surface area contributed by atoms with E-state index in [0.29, 0.717) is 6.42 Å². The van der Waals surface area contributed by atoms with E-state index in [-0.39, 0.29) is 42.8 Å². The van der Waals surface area contributed by atoms with Crippen LogP contribution < -0.4 is 34.7 Å². The van der Waals surface area contributed by atoms with Crippen molar-refractivity contribution in [2.45, 2.75) is 6.42 Å². The van der Waals surface area contributed by atoms with Crippen molar-refractivity contribution in [3.63, 3.8) is 0 Å². The van der Waals surface area contributed by atoms with Gasteiger partial charge in [0.05, 0.1) is 6.61 Å². The van der Waals surface area contributed by atoms with Crippen LogP contribution in [0.4, 0.5) is 0 Å². The van der Waals surface area contributed by atoms with Gasteiger partial charge in [-0.1, -0.05) is 6.58 Å². The monoisotopic (exact) mass is 250 g/mol. The van der Waals surface area contributed by atoms with Gasteiger partial charge in [-0.3, -0.25) is 0 Å². The number of carbonyl (C=O) groups excluding carboxylic acids is 1. The van der Waals surface area contributed by atoms with Gasteiger partial charge in [-0.2, -0.15) is 0 Å². The Bertz CT molecular complexity index is 205. The maximum absolute atomic E-state index is 10.2. The molecule has 15 heavy (non-hydrogen) atoms. The number of phosphoric acid groups is 1. The molecule has 0 saturated carbocycles. The number of hydrogen-bond donors (Lipinski definition) is 3. The molecule has 7 nitrogen and oxygen atoms in total. The van der Waals surface area contributed by atoms with Gasteiger partial charge >= 0.3 is 43.3 Å². The molecule has 0 heterocycles. The summed E-state index contributed by atoms with van der Waals surface area (Å²) < 4.78 is 13.4. The summed E-state index contributed by atoms with van der Waals surface area (Å²) >= 11 is 0. The molecule has 9 heteroatoms. The third-order valence-electron chi connectivity index (χ3n) is 0.700. The Morgan fingerprint density at radius 1 is 1.47 bits per heavy atom. The molecule has 0 radical (unpaired) electrons. The topological polar surface area (TPSA) is 127 Å². The van der Waals surface area contributed by atoms with Crippen molar-refractivity contribution in [3.05, 3.63) is 12.7 Å². The van der Waals surface area contributed by atoms with Gasteiger partial charge in [-0.25, -0.2) is 9.36 Å². The van der Waals surface area contributed by atoms with Crippen LogP contribution in [0.25, 0.3) is 0 Å². The summed E-state index contributed by atoms with van der Waals surface area (Å²) in [6.07, 6.45) is 1.45. The Kier molecular flexibility index (Phi) is 17.0. The number of ether oxygens (including phenoxy) is 1. The zero-order chi connectivity index (χ0) is 11.6. The molecule has 0 amide bonds. The molecule has 0 rings (SSSR count). The van der Waals surface area contributed by atoms with Gasteiger partial charge in [-0.05, 0) is 6.42 Å². The second-order valence-corrected chi connectivity index (χ2v) is 2.97. The first-order chi connectivity index (χ1) is 6.31. The number of rotatable bonds is 4. The van der Waals surface area contributed by atoms with Gasteiger partial charge in [0.15, 0.2) is 0 Å². The van der Waals surface area contributed by atoms with E-state index in [2.05, 4.69) is 11.3 Å². The predicted molar refractivity (Wildman–Crippen MR) is 44.9 cm³/mol. The fourth-order valence-corrected chi connectivity index (χ4v) is 0.291. The van der Waals surface area contributed by atoms with E-state index in [1.165, 1.54) is 0 Å². The minimum atomic E-state index is -4.64. The first-order valence-electron chi connectivity index (χ1n) is 3.47. The van der Waals surface area contributed by atoms with Crippen LogP contribution >= 0.6 is 7.82 Å². The first kappa shape index (κ1) is 20.7. The minimum Gasteiger partial charge on any atom is -0.854 e. The standard InChI is InChI=1S/C6H9O3.Na.H3O4P/c1-2-6(8)9-5-3-4-7;;1-5(2,3)4/h2H,1,3-5H2;;(H3,1,2,3,4)/q-1;+1;. The van der Waals surface area contributed by atoms with E-state index in [9.17, 15) is 9.90 Å². The van der Waals surface area contributed by atoms with Crippen molar-refractivity contribution in [2.75, 3.05) is 13.2 Å². The zero-order valence-corrected chi connectivity index (χ0v) is 11.2. The molecule has 0 atom stereocenters. The smallest absolute Gasteiger partial charge is 0.854 e. The van der Waals surface area contributed by atoms with Crippen LogP contribution in [-0.4, -0.2) is 33.9 Å². The quantitative estimate of drug-likeness (QED) is 0.151. The summed E-state index contributed by atoms with van der Waals surface area (Å²) in [4.78, 5) is 31.8. The van der Waals surface area contributed by atoms with Crippen LogP contribution in [0.3, 0.4) is 0 Å². The average Bonchev–Trinajstić information content (AvgIpc) is 2.01. The van der Waals surface area contributed by atoms with Gasteiger partial charge in [-0.15, -0.1) is 6.61 Å². The van der Waals surface area contributed by atoms with E-state index >= 15 is 0 Å². The largest absolute Gasteiger partial charge is 1.00 e. The number of carbonyl (C=O) groups is 1. The van der Waals surface area contributed by atoms with Gasteiger partial charge in [0, 0.05) is 6.08 Å². The maximum atomic E-state index is 10.2. The fourth-order valence-electron chi connectivity index (χ4n) is 0.291. The molecule has 0 aliphatic rings. The molecule has 0 spiro atoms. The molecule has 0 aromatic carbocycles. The molecule has 0 aromatic heterocycles. The second kappa shape index (κ2) is 12.4. The van der Waals surface area contributed by atoms with Gasteiger partial charge in [0.25, 0.3) is 0 Å². The van der Waals surface area contributed by atoms with Crippen LogP contribution in [-0.2, 0) is 14.1 Å². The fraction of sp³-hybridized carbons (Fsp3) is 0.500. The number of esters is 1. The molecule has 0 bridgehead atoms. The summed E-state index contributed by atoms with van der Waals surface area (Å²) in [7, 11) is -4.64. The molecule has 3 N–H and O–H groups in total. The van der Waals surface area contributed by atoms with Gasteiger partial charge in [0.2, 0.25) is 0 Å². The third kappa shape index (κ3) is 40.6. The van der Waals surface area contributed by atoms with E-state index in [1.807, 2.05) is 0 Å². The Hall–Kier alpha value is 0.280.